The highest BCUT2D eigenvalue weighted by Crippen LogP contribution is 2.38. The van der Waals surface area contributed by atoms with Crippen molar-refractivity contribution < 1.29 is 22.9 Å². The Kier molecular flexibility index (Phi) is 4.15. The van der Waals surface area contributed by atoms with Crippen LogP contribution in [-0.4, -0.2) is 24.3 Å². The molecule has 0 bridgehead atoms. The second-order valence-corrected chi connectivity index (χ2v) is 4.94. The van der Waals surface area contributed by atoms with E-state index in [0.717, 1.165) is 18.4 Å². The highest BCUT2D eigenvalue weighted by molar-refractivity contribution is 5.60. The van der Waals surface area contributed by atoms with Crippen LogP contribution in [0.5, 0.6) is 0 Å². The molecule has 0 aromatic heterocycles. The van der Waals surface area contributed by atoms with Crippen LogP contribution in [0.1, 0.15) is 18.4 Å². The van der Waals surface area contributed by atoms with Gasteiger partial charge >= 0.3 is 6.18 Å². The van der Waals surface area contributed by atoms with Gasteiger partial charge in [-0.05, 0) is 25.0 Å². The third-order valence-electron chi connectivity index (χ3n) is 3.50. The van der Waals surface area contributed by atoms with Crippen LogP contribution >= 0.6 is 0 Å². The van der Waals surface area contributed by atoms with E-state index in [0.29, 0.717) is 25.9 Å². The van der Waals surface area contributed by atoms with Gasteiger partial charge < -0.3 is 9.69 Å². The van der Waals surface area contributed by atoms with Gasteiger partial charge in [-0.25, -0.2) is 0 Å². The molecule has 114 valence electrons. The first-order chi connectivity index (χ1) is 9.82. The smallest absolute Gasteiger partial charge is 0.371 e. The molecule has 0 radical (unpaired) electrons. The van der Waals surface area contributed by atoms with Gasteiger partial charge in [-0.2, -0.15) is 13.2 Å². The monoisotopic (exact) mass is 302 g/mol. The molecule has 1 unspecified atom stereocenters. The molecule has 1 fully saturated rings. The standard InChI is InChI=1S/C13H13F3N2O3/c14-13(15,16)11-6-10(3-4-12(11)18(20)21)17-5-1-2-9(7-17)8-19/h3-4,6,8-9H,1-2,5,7H2. The Bertz CT molecular complexity index is 560. The Morgan fingerprint density at radius 1 is 1.38 bits per heavy atom. The van der Waals surface area contributed by atoms with Crippen LogP contribution in [0.25, 0.3) is 0 Å². The van der Waals surface area contributed by atoms with Gasteiger partial charge in [0.2, 0.25) is 0 Å². The van der Waals surface area contributed by atoms with Gasteiger partial charge in [-0.3, -0.25) is 10.1 Å². The van der Waals surface area contributed by atoms with Gasteiger partial charge in [0.05, 0.1) is 4.92 Å². The van der Waals surface area contributed by atoms with Crippen LogP contribution in [0, 0.1) is 16.0 Å². The van der Waals surface area contributed by atoms with Crippen molar-refractivity contribution in [1.29, 1.82) is 0 Å². The molecule has 8 heteroatoms. The van der Waals surface area contributed by atoms with E-state index < -0.39 is 22.4 Å². The number of hydrogen-bond donors (Lipinski definition) is 0. The molecule has 1 aromatic carbocycles. The Labute approximate surface area is 118 Å². The molecule has 0 N–H and O–H groups in total. The third kappa shape index (κ3) is 3.32. The maximum absolute atomic E-state index is 12.9. The lowest BCUT2D eigenvalue weighted by Crippen LogP contribution is -2.36. The molecule has 1 saturated heterocycles. The number of benzene rings is 1. The Balaban J connectivity index is 2.37. The topological polar surface area (TPSA) is 63.5 Å². The molecule has 0 aliphatic carbocycles. The van der Waals surface area contributed by atoms with Gasteiger partial charge in [0.15, 0.2) is 0 Å². The minimum Gasteiger partial charge on any atom is -0.371 e. The number of nitrogens with zero attached hydrogens (tertiary/aromatic N) is 2. The zero-order chi connectivity index (χ0) is 15.6. The van der Waals surface area contributed by atoms with E-state index in [1.165, 1.54) is 6.07 Å². The lowest BCUT2D eigenvalue weighted by molar-refractivity contribution is -0.388. The van der Waals surface area contributed by atoms with E-state index in [1.54, 1.807) is 4.90 Å². The summed E-state index contributed by atoms with van der Waals surface area (Å²) in [6, 6.07) is 2.94. The summed E-state index contributed by atoms with van der Waals surface area (Å²) < 4.78 is 38.8. The molecular formula is C13H13F3N2O3. The third-order valence-corrected chi connectivity index (χ3v) is 3.50. The van der Waals surface area contributed by atoms with Crippen molar-refractivity contribution in [1.82, 2.24) is 0 Å². The van der Waals surface area contributed by atoms with Crippen LogP contribution in [0.4, 0.5) is 24.5 Å². The van der Waals surface area contributed by atoms with Crippen molar-refractivity contribution in [3.8, 4) is 0 Å². The molecule has 21 heavy (non-hydrogen) atoms. The zero-order valence-corrected chi connectivity index (χ0v) is 11.0. The molecule has 1 aromatic rings. The summed E-state index contributed by atoms with van der Waals surface area (Å²) >= 11 is 0. The number of carbonyl (C=O) groups is 1. The van der Waals surface area contributed by atoms with Crippen molar-refractivity contribution >= 4 is 17.7 Å². The highest BCUT2D eigenvalue weighted by Gasteiger charge is 2.39. The Hall–Kier alpha value is -2.12. The normalized spacial score (nSPS) is 19.4. The van der Waals surface area contributed by atoms with Crippen molar-refractivity contribution in [3.05, 3.63) is 33.9 Å². The first-order valence-corrected chi connectivity index (χ1v) is 6.39. The quantitative estimate of drug-likeness (QED) is 0.489. The SMILES string of the molecule is O=CC1CCCN(c2ccc([N+](=O)[O-])c(C(F)(F)F)c2)C1. The summed E-state index contributed by atoms with van der Waals surface area (Å²) in [7, 11) is 0. The van der Waals surface area contributed by atoms with E-state index in [4.69, 9.17) is 0 Å². The minimum absolute atomic E-state index is 0.219. The van der Waals surface area contributed by atoms with E-state index in [9.17, 15) is 28.1 Å². The summed E-state index contributed by atoms with van der Waals surface area (Å²) in [5.74, 6) is -0.219. The Morgan fingerprint density at radius 2 is 2.10 bits per heavy atom. The maximum Gasteiger partial charge on any atom is 0.423 e. The van der Waals surface area contributed by atoms with Crippen LogP contribution < -0.4 is 4.90 Å². The van der Waals surface area contributed by atoms with E-state index in [2.05, 4.69) is 0 Å². The average Bonchev–Trinajstić information content (AvgIpc) is 2.45. The number of alkyl halides is 3. The van der Waals surface area contributed by atoms with Gasteiger partial charge in [0.1, 0.15) is 11.8 Å². The Morgan fingerprint density at radius 3 is 2.67 bits per heavy atom. The minimum atomic E-state index is -4.79. The number of hydrogen-bond acceptors (Lipinski definition) is 4. The first kappa shape index (κ1) is 15.3. The number of nitro groups is 1. The van der Waals surface area contributed by atoms with Crippen molar-refractivity contribution in [2.24, 2.45) is 5.92 Å². The molecule has 1 aliphatic heterocycles. The summed E-state index contributed by atoms with van der Waals surface area (Å²) in [5, 5.41) is 10.7. The number of piperidine rings is 1. The highest BCUT2D eigenvalue weighted by atomic mass is 19.4. The molecule has 0 amide bonds. The maximum atomic E-state index is 12.9. The predicted molar refractivity (Wildman–Crippen MR) is 69.1 cm³/mol. The van der Waals surface area contributed by atoms with Crippen LogP contribution in [-0.2, 0) is 11.0 Å². The fourth-order valence-electron chi connectivity index (χ4n) is 2.46. The second-order valence-electron chi connectivity index (χ2n) is 4.94. The fraction of sp³-hybridized carbons (Fsp3) is 0.462. The van der Waals surface area contributed by atoms with Crippen LogP contribution in [0.2, 0.25) is 0 Å². The second kappa shape index (κ2) is 5.71. The van der Waals surface area contributed by atoms with Crippen molar-refractivity contribution in [2.45, 2.75) is 19.0 Å². The molecule has 5 nitrogen and oxygen atoms in total. The molecule has 1 heterocycles. The summed E-state index contributed by atoms with van der Waals surface area (Å²) in [6.07, 6.45) is -2.60. The largest absolute Gasteiger partial charge is 0.423 e. The number of nitro benzene ring substituents is 1. The van der Waals surface area contributed by atoms with E-state index in [-0.39, 0.29) is 11.6 Å². The van der Waals surface area contributed by atoms with Crippen LogP contribution in [0.3, 0.4) is 0 Å². The predicted octanol–water partition coefficient (Wildman–Crippen LogP) is 3.03. The van der Waals surface area contributed by atoms with Crippen molar-refractivity contribution in [3.63, 3.8) is 0 Å². The summed E-state index contributed by atoms with van der Waals surface area (Å²) in [6.45, 7) is 0.859. The molecular weight excluding hydrogens is 289 g/mol. The van der Waals surface area contributed by atoms with Crippen molar-refractivity contribution in [2.75, 3.05) is 18.0 Å². The number of anilines is 1. The first-order valence-electron chi connectivity index (χ1n) is 6.39. The number of rotatable bonds is 3. The van der Waals surface area contributed by atoms with Gasteiger partial charge in [-0.1, -0.05) is 0 Å². The van der Waals surface area contributed by atoms with Crippen LogP contribution in [0.15, 0.2) is 18.2 Å². The number of carbonyl (C=O) groups excluding carboxylic acids is 1. The average molecular weight is 302 g/mol. The van der Waals surface area contributed by atoms with Gasteiger partial charge in [-0.15, -0.1) is 0 Å². The van der Waals surface area contributed by atoms with Gasteiger partial charge in [0.25, 0.3) is 5.69 Å². The summed E-state index contributed by atoms with van der Waals surface area (Å²) in [5.41, 5.74) is -1.98. The molecule has 1 aliphatic rings. The fourth-order valence-corrected chi connectivity index (χ4v) is 2.46. The zero-order valence-electron chi connectivity index (χ0n) is 11.0. The lowest BCUT2D eigenvalue weighted by Gasteiger charge is -2.32. The lowest BCUT2D eigenvalue weighted by atomic mass is 9.98. The van der Waals surface area contributed by atoms with Gasteiger partial charge in [0, 0.05) is 30.8 Å². The number of aldehydes is 1. The summed E-state index contributed by atoms with van der Waals surface area (Å²) in [4.78, 5) is 22.1. The molecule has 2 rings (SSSR count). The van der Waals surface area contributed by atoms with E-state index >= 15 is 0 Å². The number of halogens is 3. The molecule has 1 atom stereocenters. The van der Waals surface area contributed by atoms with E-state index in [1.807, 2.05) is 0 Å². The molecule has 0 spiro atoms. The molecule has 0 saturated carbocycles.